The van der Waals surface area contributed by atoms with Gasteiger partial charge in [0.25, 0.3) is 5.91 Å². The lowest BCUT2D eigenvalue weighted by Gasteiger charge is -2.38. The van der Waals surface area contributed by atoms with Gasteiger partial charge in [0.2, 0.25) is 0 Å². The Balaban J connectivity index is 1.63. The topological polar surface area (TPSA) is 47.4 Å². The van der Waals surface area contributed by atoms with Gasteiger partial charge in [-0.05, 0) is 62.7 Å². The summed E-state index contributed by atoms with van der Waals surface area (Å²) >= 11 is 0. The summed E-state index contributed by atoms with van der Waals surface area (Å²) in [6, 6.07) is 16.0. The number of carbonyl (C=O) groups is 1. The minimum Gasteiger partial charge on any atom is -0.487 e. The van der Waals surface area contributed by atoms with Gasteiger partial charge < -0.3 is 9.64 Å². The second-order valence-corrected chi connectivity index (χ2v) is 7.67. The molecule has 0 fully saturated rings. The van der Waals surface area contributed by atoms with Crippen LogP contribution in [0.15, 0.2) is 54.6 Å². The molecule has 0 aliphatic carbocycles. The van der Waals surface area contributed by atoms with Gasteiger partial charge in [-0.15, -0.1) is 0 Å². The Morgan fingerprint density at radius 3 is 2.61 bits per heavy atom. The quantitative estimate of drug-likeness (QED) is 0.679. The van der Waals surface area contributed by atoms with Crippen molar-refractivity contribution in [2.24, 2.45) is 0 Å². The van der Waals surface area contributed by atoms with Crippen LogP contribution >= 0.6 is 0 Å². The number of nitrogens with zero attached hydrogens (tertiary/aromatic N) is 3. The molecule has 2 heterocycles. The van der Waals surface area contributed by atoms with Gasteiger partial charge in [-0.3, -0.25) is 9.48 Å². The van der Waals surface area contributed by atoms with E-state index in [2.05, 4.69) is 5.10 Å². The van der Waals surface area contributed by atoms with Crippen LogP contribution in [0.5, 0.6) is 5.75 Å². The number of amides is 1. The molecule has 0 unspecified atom stereocenters. The zero-order valence-corrected chi connectivity index (χ0v) is 16.1. The van der Waals surface area contributed by atoms with Crippen molar-refractivity contribution in [2.45, 2.75) is 32.9 Å². The van der Waals surface area contributed by atoms with Crippen LogP contribution in [0.1, 0.15) is 35.6 Å². The molecule has 0 atom stereocenters. The molecule has 6 heteroatoms. The number of fused-ring (bicyclic) bond motifs is 1. The van der Waals surface area contributed by atoms with E-state index >= 15 is 0 Å². The van der Waals surface area contributed by atoms with Crippen LogP contribution in [0, 0.1) is 12.7 Å². The smallest absolute Gasteiger partial charge is 0.276 e. The van der Waals surface area contributed by atoms with Crippen molar-refractivity contribution in [3.05, 3.63) is 77.4 Å². The van der Waals surface area contributed by atoms with E-state index in [0.717, 1.165) is 5.75 Å². The number of halogens is 1. The van der Waals surface area contributed by atoms with Gasteiger partial charge in [0.05, 0.1) is 12.1 Å². The number of benzene rings is 2. The van der Waals surface area contributed by atoms with Crippen molar-refractivity contribution in [3.8, 4) is 5.75 Å². The Morgan fingerprint density at radius 1 is 1.14 bits per heavy atom. The molecule has 0 bridgehead atoms. The molecular weight excluding hydrogens is 357 g/mol. The summed E-state index contributed by atoms with van der Waals surface area (Å²) in [5, 5.41) is 4.61. The van der Waals surface area contributed by atoms with Crippen molar-refractivity contribution in [3.63, 3.8) is 0 Å². The summed E-state index contributed by atoms with van der Waals surface area (Å²) in [4.78, 5) is 14.8. The molecule has 0 radical (unpaired) electrons. The maximum Gasteiger partial charge on any atom is 0.276 e. The Labute approximate surface area is 163 Å². The predicted octanol–water partition coefficient (Wildman–Crippen LogP) is 4.31. The highest BCUT2D eigenvalue weighted by Gasteiger charge is 2.38. The Hall–Kier alpha value is -3.15. The van der Waals surface area contributed by atoms with Crippen LogP contribution in [-0.4, -0.2) is 22.2 Å². The predicted molar refractivity (Wildman–Crippen MR) is 105 cm³/mol. The van der Waals surface area contributed by atoms with Crippen molar-refractivity contribution in [1.82, 2.24) is 9.78 Å². The molecule has 0 spiro atoms. The average molecular weight is 379 g/mol. The SMILES string of the molecule is Cc1cc(N2CC(C)(C)n3nc(COc4ccccc4)cc3C2=O)ccc1F. The second kappa shape index (κ2) is 6.78. The van der Waals surface area contributed by atoms with Crippen LogP contribution in [0.4, 0.5) is 10.1 Å². The lowest BCUT2D eigenvalue weighted by molar-refractivity contribution is 0.0926. The second-order valence-electron chi connectivity index (χ2n) is 7.67. The highest BCUT2D eigenvalue weighted by molar-refractivity contribution is 6.06. The largest absolute Gasteiger partial charge is 0.487 e. The number of anilines is 1. The van der Waals surface area contributed by atoms with Gasteiger partial charge in [-0.25, -0.2) is 4.39 Å². The van der Waals surface area contributed by atoms with Crippen LogP contribution in [0.2, 0.25) is 0 Å². The highest BCUT2D eigenvalue weighted by Crippen LogP contribution is 2.31. The Bertz CT molecular complexity index is 1030. The molecule has 1 amide bonds. The van der Waals surface area contributed by atoms with Crippen molar-refractivity contribution in [2.75, 3.05) is 11.4 Å². The molecule has 0 N–H and O–H groups in total. The highest BCUT2D eigenvalue weighted by atomic mass is 19.1. The van der Waals surface area contributed by atoms with Gasteiger partial charge in [-0.2, -0.15) is 5.10 Å². The first-order valence-corrected chi connectivity index (χ1v) is 9.20. The van der Waals surface area contributed by atoms with Gasteiger partial charge in [0, 0.05) is 5.69 Å². The van der Waals surface area contributed by atoms with E-state index < -0.39 is 5.54 Å². The van der Waals surface area contributed by atoms with Crippen molar-refractivity contribution in [1.29, 1.82) is 0 Å². The summed E-state index contributed by atoms with van der Waals surface area (Å²) in [6.07, 6.45) is 0. The van der Waals surface area contributed by atoms with Gasteiger partial charge in [-0.1, -0.05) is 18.2 Å². The third-order valence-corrected chi connectivity index (χ3v) is 4.93. The van der Waals surface area contributed by atoms with E-state index in [0.29, 0.717) is 29.2 Å². The first-order chi connectivity index (χ1) is 13.3. The van der Waals surface area contributed by atoms with E-state index in [1.165, 1.54) is 6.07 Å². The first-order valence-electron chi connectivity index (χ1n) is 9.20. The summed E-state index contributed by atoms with van der Waals surface area (Å²) in [5.41, 5.74) is 1.99. The van der Waals surface area contributed by atoms with E-state index in [1.807, 2.05) is 44.2 Å². The summed E-state index contributed by atoms with van der Waals surface area (Å²) in [5.74, 6) is 0.323. The van der Waals surface area contributed by atoms with E-state index in [-0.39, 0.29) is 18.3 Å². The lowest BCUT2D eigenvalue weighted by atomic mass is 10.00. The number of ether oxygens (including phenoxy) is 1. The normalized spacial score (nSPS) is 15.4. The van der Waals surface area contributed by atoms with Crippen LogP contribution in [0.25, 0.3) is 0 Å². The molecule has 1 aliphatic heterocycles. The molecule has 2 aromatic carbocycles. The van der Waals surface area contributed by atoms with Crippen molar-refractivity contribution >= 4 is 11.6 Å². The first kappa shape index (κ1) is 18.2. The minimum atomic E-state index is -0.406. The number of carbonyl (C=O) groups excluding carboxylic acids is 1. The molecule has 3 aromatic rings. The minimum absolute atomic E-state index is 0.149. The number of aryl methyl sites for hydroxylation is 1. The van der Waals surface area contributed by atoms with Crippen LogP contribution in [-0.2, 0) is 12.1 Å². The third-order valence-electron chi connectivity index (χ3n) is 4.93. The lowest BCUT2D eigenvalue weighted by Crippen LogP contribution is -2.51. The fourth-order valence-corrected chi connectivity index (χ4v) is 3.46. The Morgan fingerprint density at radius 2 is 1.89 bits per heavy atom. The molecule has 4 rings (SSSR count). The van der Waals surface area contributed by atoms with Gasteiger partial charge >= 0.3 is 0 Å². The summed E-state index contributed by atoms with van der Waals surface area (Å²) in [6.45, 7) is 6.48. The standard InChI is InChI=1S/C22H22FN3O2/c1-15-11-17(9-10-19(15)23)25-14-22(2,3)26-20(21(25)27)12-16(24-26)13-28-18-7-5-4-6-8-18/h4-12H,13-14H2,1-3H3. The molecule has 28 heavy (non-hydrogen) atoms. The molecule has 144 valence electrons. The van der Waals surface area contributed by atoms with E-state index in [1.54, 1.807) is 34.7 Å². The molecule has 0 saturated heterocycles. The van der Waals surface area contributed by atoms with Gasteiger partial charge in [0.1, 0.15) is 29.6 Å². The Kier molecular flexibility index (Phi) is 4.41. The number of rotatable bonds is 4. The third kappa shape index (κ3) is 3.26. The molecule has 0 saturated carbocycles. The summed E-state index contributed by atoms with van der Waals surface area (Å²) < 4.78 is 21.2. The number of para-hydroxylation sites is 1. The van der Waals surface area contributed by atoms with Crippen molar-refractivity contribution < 1.29 is 13.9 Å². The fraction of sp³-hybridized carbons (Fsp3) is 0.273. The average Bonchev–Trinajstić information content (AvgIpc) is 3.12. The van der Waals surface area contributed by atoms with E-state index in [9.17, 15) is 9.18 Å². The van der Waals surface area contributed by atoms with Crippen LogP contribution in [0.3, 0.4) is 0 Å². The fourth-order valence-electron chi connectivity index (χ4n) is 3.46. The zero-order chi connectivity index (χ0) is 19.9. The summed E-state index contributed by atoms with van der Waals surface area (Å²) in [7, 11) is 0. The van der Waals surface area contributed by atoms with Gasteiger partial charge in [0.15, 0.2) is 0 Å². The zero-order valence-electron chi connectivity index (χ0n) is 16.1. The monoisotopic (exact) mass is 379 g/mol. The molecule has 1 aliphatic rings. The number of hydrogen-bond donors (Lipinski definition) is 0. The number of aromatic nitrogens is 2. The van der Waals surface area contributed by atoms with Crippen LogP contribution < -0.4 is 9.64 Å². The maximum atomic E-state index is 13.7. The van der Waals surface area contributed by atoms with E-state index in [4.69, 9.17) is 4.74 Å². The molecule has 5 nitrogen and oxygen atoms in total. The number of hydrogen-bond acceptors (Lipinski definition) is 3. The maximum absolute atomic E-state index is 13.7. The molecule has 1 aromatic heterocycles. The molecular formula is C22H22FN3O2.